The number of aryl methyl sites for hydroxylation is 2. The fourth-order valence-electron chi connectivity index (χ4n) is 1.36. The van der Waals surface area contributed by atoms with Crippen LogP contribution in [-0.2, 0) is 10.0 Å². The molecule has 0 unspecified atom stereocenters. The van der Waals surface area contributed by atoms with Gasteiger partial charge >= 0.3 is 0 Å². The van der Waals surface area contributed by atoms with Crippen LogP contribution < -0.4 is 4.72 Å². The van der Waals surface area contributed by atoms with Crippen molar-refractivity contribution in [2.24, 2.45) is 0 Å². The van der Waals surface area contributed by atoms with E-state index in [9.17, 15) is 8.42 Å². The molecule has 0 aliphatic carbocycles. The van der Waals surface area contributed by atoms with Gasteiger partial charge < -0.3 is 0 Å². The van der Waals surface area contributed by atoms with E-state index in [1.54, 1.807) is 26.0 Å². The first-order valence-corrected chi connectivity index (χ1v) is 7.01. The topological polar surface area (TPSA) is 46.2 Å². The predicted octanol–water partition coefficient (Wildman–Crippen LogP) is 2.65. The molecule has 0 spiro atoms. The van der Waals surface area contributed by atoms with Gasteiger partial charge in [0.15, 0.2) is 0 Å². The van der Waals surface area contributed by atoms with Crippen LogP contribution in [0.1, 0.15) is 24.5 Å². The van der Waals surface area contributed by atoms with Gasteiger partial charge in [0.05, 0.1) is 4.90 Å². The van der Waals surface area contributed by atoms with Crippen molar-refractivity contribution in [1.82, 2.24) is 4.72 Å². The van der Waals surface area contributed by atoms with Crippen molar-refractivity contribution >= 4 is 21.6 Å². The molecular weight excluding hydrogens is 246 g/mol. The Kier molecular flexibility index (Phi) is 4.35. The van der Waals surface area contributed by atoms with Gasteiger partial charge in [0, 0.05) is 11.6 Å². The molecule has 1 rings (SSSR count). The van der Waals surface area contributed by atoms with Gasteiger partial charge in [-0.2, -0.15) is 0 Å². The number of hydrogen-bond donors (Lipinski definition) is 1. The lowest BCUT2D eigenvalue weighted by molar-refractivity contribution is 0.580. The Balaban J connectivity index is 3.18. The highest BCUT2D eigenvalue weighted by Gasteiger charge is 2.17. The van der Waals surface area contributed by atoms with Crippen LogP contribution in [0.5, 0.6) is 0 Å². The van der Waals surface area contributed by atoms with Crippen molar-refractivity contribution in [3.05, 3.63) is 28.3 Å². The molecule has 0 amide bonds. The zero-order valence-corrected chi connectivity index (χ0v) is 11.2. The normalized spacial score (nSPS) is 11.8. The van der Waals surface area contributed by atoms with E-state index in [1.807, 2.05) is 6.92 Å². The number of benzene rings is 1. The molecule has 0 saturated heterocycles. The molecule has 0 fully saturated rings. The molecule has 16 heavy (non-hydrogen) atoms. The average molecular weight is 262 g/mol. The Labute approximate surface area is 102 Å². The van der Waals surface area contributed by atoms with Gasteiger partial charge in [-0.05, 0) is 43.5 Å². The minimum absolute atomic E-state index is 0.308. The lowest BCUT2D eigenvalue weighted by Crippen LogP contribution is -2.25. The quantitative estimate of drug-likeness (QED) is 0.906. The van der Waals surface area contributed by atoms with E-state index >= 15 is 0 Å². The molecule has 1 aromatic rings. The number of rotatable bonds is 4. The van der Waals surface area contributed by atoms with Gasteiger partial charge in [-0.25, -0.2) is 13.1 Å². The van der Waals surface area contributed by atoms with Crippen LogP contribution in [0, 0.1) is 13.8 Å². The average Bonchev–Trinajstić information content (AvgIpc) is 2.20. The van der Waals surface area contributed by atoms with Crippen LogP contribution in [0.3, 0.4) is 0 Å². The molecular formula is C11H16ClNO2S. The van der Waals surface area contributed by atoms with Gasteiger partial charge in [-0.15, -0.1) is 0 Å². The first kappa shape index (κ1) is 13.5. The summed E-state index contributed by atoms with van der Waals surface area (Å²) in [5.41, 5.74) is 1.43. The van der Waals surface area contributed by atoms with Crippen molar-refractivity contribution < 1.29 is 8.42 Å². The number of nitrogens with one attached hydrogen (secondary N) is 1. The zero-order chi connectivity index (χ0) is 12.3. The third-order valence-electron chi connectivity index (χ3n) is 2.29. The molecule has 90 valence electrons. The van der Waals surface area contributed by atoms with E-state index in [2.05, 4.69) is 4.72 Å². The van der Waals surface area contributed by atoms with E-state index < -0.39 is 10.0 Å². The first-order chi connectivity index (χ1) is 7.38. The van der Waals surface area contributed by atoms with E-state index in [0.717, 1.165) is 12.0 Å². The van der Waals surface area contributed by atoms with Gasteiger partial charge in [-0.3, -0.25) is 0 Å². The molecule has 1 N–H and O–H groups in total. The van der Waals surface area contributed by atoms with Crippen molar-refractivity contribution in [3.63, 3.8) is 0 Å². The summed E-state index contributed by atoms with van der Waals surface area (Å²) in [6.45, 7) is 5.90. The standard InChI is InChI=1S/C11H16ClNO2S/c1-4-5-13-16(14,15)11-7-8(2)10(12)6-9(11)3/h6-7,13H,4-5H2,1-3H3. The second kappa shape index (κ2) is 5.17. The SMILES string of the molecule is CCCNS(=O)(=O)c1cc(C)c(Cl)cc1C. The lowest BCUT2D eigenvalue weighted by Gasteiger charge is -2.10. The summed E-state index contributed by atoms with van der Waals surface area (Å²) >= 11 is 5.93. The lowest BCUT2D eigenvalue weighted by atomic mass is 10.2. The monoisotopic (exact) mass is 261 g/mol. The minimum atomic E-state index is -3.40. The van der Waals surface area contributed by atoms with Crippen LogP contribution in [0.4, 0.5) is 0 Å². The van der Waals surface area contributed by atoms with Crippen molar-refractivity contribution in [1.29, 1.82) is 0 Å². The van der Waals surface area contributed by atoms with E-state index in [-0.39, 0.29) is 0 Å². The molecule has 0 heterocycles. The van der Waals surface area contributed by atoms with Gasteiger partial charge in [0.25, 0.3) is 0 Å². The minimum Gasteiger partial charge on any atom is -0.211 e. The summed E-state index contributed by atoms with van der Waals surface area (Å²) in [6, 6.07) is 3.28. The Morgan fingerprint density at radius 2 is 1.88 bits per heavy atom. The number of halogens is 1. The fourth-order valence-corrected chi connectivity index (χ4v) is 3.02. The Morgan fingerprint density at radius 1 is 1.25 bits per heavy atom. The summed E-state index contributed by atoms with van der Waals surface area (Å²) < 4.78 is 26.4. The van der Waals surface area contributed by atoms with Gasteiger partial charge in [0.1, 0.15) is 0 Å². The molecule has 0 bridgehead atoms. The van der Waals surface area contributed by atoms with Crippen LogP contribution in [0.2, 0.25) is 5.02 Å². The summed E-state index contributed by atoms with van der Waals surface area (Å²) in [5.74, 6) is 0. The summed E-state index contributed by atoms with van der Waals surface area (Å²) in [7, 11) is -3.40. The molecule has 3 nitrogen and oxygen atoms in total. The molecule has 0 saturated carbocycles. The van der Waals surface area contributed by atoms with Crippen LogP contribution in [0.15, 0.2) is 17.0 Å². The highest BCUT2D eigenvalue weighted by atomic mass is 35.5. The smallest absolute Gasteiger partial charge is 0.211 e. The van der Waals surface area contributed by atoms with Crippen molar-refractivity contribution in [3.8, 4) is 0 Å². The second-order valence-electron chi connectivity index (χ2n) is 3.76. The van der Waals surface area contributed by atoms with Crippen molar-refractivity contribution in [2.45, 2.75) is 32.1 Å². The summed E-state index contributed by atoms with van der Waals surface area (Å²) in [5, 5.41) is 0.590. The second-order valence-corrected chi connectivity index (χ2v) is 5.91. The molecule has 0 atom stereocenters. The van der Waals surface area contributed by atoms with Crippen molar-refractivity contribution in [2.75, 3.05) is 6.54 Å². The highest BCUT2D eigenvalue weighted by Crippen LogP contribution is 2.23. The number of sulfonamides is 1. The Hall–Kier alpha value is -0.580. The molecule has 0 radical (unpaired) electrons. The van der Waals surface area contributed by atoms with E-state index in [0.29, 0.717) is 22.0 Å². The summed E-state index contributed by atoms with van der Waals surface area (Å²) in [4.78, 5) is 0.308. The van der Waals surface area contributed by atoms with Crippen LogP contribution in [-0.4, -0.2) is 15.0 Å². The van der Waals surface area contributed by atoms with Crippen LogP contribution in [0.25, 0.3) is 0 Å². The molecule has 1 aromatic carbocycles. The third kappa shape index (κ3) is 2.97. The molecule has 0 aliphatic heterocycles. The van der Waals surface area contributed by atoms with E-state index in [1.165, 1.54) is 0 Å². The number of hydrogen-bond acceptors (Lipinski definition) is 2. The summed E-state index contributed by atoms with van der Waals surface area (Å²) in [6.07, 6.45) is 0.769. The molecule has 0 aromatic heterocycles. The maximum atomic E-state index is 11.9. The largest absolute Gasteiger partial charge is 0.240 e. The maximum absolute atomic E-state index is 11.9. The molecule has 5 heteroatoms. The third-order valence-corrected chi connectivity index (χ3v) is 4.30. The Morgan fingerprint density at radius 3 is 2.44 bits per heavy atom. The van der Waals surface area contributed by atoms with Crippen LogP contribution >= 0.6 is 11.6 Å². The first-order valence-electron chi connectivity index (χ1n) is 5.15. The van der Waals surface area contributed by atoms with Gasteiger partial charge in [0.2, 0.25) is 10.0 Å². The van der Waals surface area contributed by atoms with E-state index in [4.69, 9.17) is 11.6 Å². The highest BCUT2D eigenvalue weighted by molar-refractivity contribution is 7.89. The predicted molar refractivity (Wildman–Crippen MR) is 66.4 cm³/mol. The van der Waals surface area contributed by atoms with Gasteiger partial charge in [-0.1, -0.05) is 18.5 Å². The maximum Gasteiger partial charge on any atom is 0.240 e. The Bertz CT molecular complexity index is 483. The fraction of sp³-hybridized carbons (Fsp3) is 0.455. The molecule has 0 aliphatic rings. The zero-order valence-electron chi connectivity index (χ0n) is 9.67.